The predicted octanol–water partition coefficient (Wildman–Crippen LogP) is 1.87. The summed E-state index contributed by atoms with van der Waals surface area (Å²) in [7, 11) is 1.59. The molecule has 1 aliphatic heterocycles. The molecule has 2 aromatic rings. The minimum Gasteiger partial charge on any atom is -0.494 e. The second kappa shape index (κ2) is 9.73. The van der Waals surface area contributed by atoms with Gasteiger partial charge >= 0.3 is 5.97 Å². The zero-order valence-corrected chi connectivity index (χ0v) is 17.6. The van der Waals surface area contributed by atoms with Gasteiger partial charge in [0.15, 0.2) is 0 Å². The summed E-state index contributed by atoms with van der Waals surface area (Å²) in [5.74, 6) is 0.302. The molecule has 10 heteroatoms. The molecule has 1 aromatic carbocycles. The van der Waals surface area contributed by atoms with Crippen LogP contribution in [0.2, 0.25) is 0 Å². The summed E-state index contributed by atoms with van der Waals surface area (Å²) in [6, 6.07) is 5.73. The summed E-state index contributed by atoms with van der Waals surface area (Å²) >= 11 is 1.26. The molecule has 2 heterocycles. The number of aromatic nitrogens is 4. The van der Waals surface area contributed by atoms with Crippen molar-refractivity contribution in [3.63, 3.8) is 0 Å². The third-order valence-electron chi connectivity index (χ3n) is 4.72. The number of piperidine rings is 1. The molecular weight excluding hydrogens is 394 g/mol. The number of amides is 1. The van der Waals surface area contributed by atoms with Gasteiger partial charge < -0.3 is 14.4 Å². The average Bonchev–Trinajstić information content (AvgIpc) is 3.20. The molecule has 0 spiro atoms. The van der Waals surface area contributed by atoms with Crippen LogP contribution < -0.4 is 4.74 Å². The minimum atomic E-state index is -0.250. The average molecular weight is 420 g/mol. The molecule has 29 heavy (non-hydrogen) atoms. The van der Waals surface area contributed by atoms with E-state index in [9.17, 15) is 9.59 Å². The van der Waals surface area contributed by atoms with Gasteiger partial charge in [-0.25, -0.2) is 0 Å². The number of benzene rings is 1. The molecular formula is C19H25N5O4S. The summed E-state index contributed by atoms with van der Waals surface area (Å²) < 4.78 is 12.1. The first-order valence-electron chi connectivity index (χ1n) is 9.54. The largest absolute Gasteiger partial charge is 0.494 e. The van der Waals surface area contributed by atoms with Gasteiger partial charge in [-0.3, -0.25) is 9.59 Å². The molecule has 156 valence electrons. The summed E-state index contributed by atoms with van der Waals surface area (Å²) in [5.41, 5.74) is 1.76. The molecule has 9 nitrogen and oxygen atoms in total. The predicted molar refractivity (Wildman–Crippen MR) is 107 cm³/mol. The lowest BCUT2D eigenvalue weighted by molar-refractivity contribution is -0.151. The number of thioether (sulfide) groups is 1. The Morgan fingerprint density at radius 1 is 1.34 bits per heavy atom. The number of aryl methyl sites for hydroxylation is 1. The third-order valence-corrected chi connectivity index (χ3v) is 5.63. The maximum absolute atomic E-state index is 12.7. The Morgan fingerprint density at radius 3 is 2.93 bits per heavy atom. The van der Waals surface area contributed by atoms with Crippen LogP contribution in [0.1, 0.15) is 25.3 Å². The van der Waals surface area contributed by atoms with E-state index in [1.165, 1.54) is 11.8 Å². The number of carbonyl (C=O) groups excluding carboxylic acids is 2. The van der Waals surface area contributed by atoms with Crippen LogP contribution in [0.5, 0.6) is 5.75 Å². The number of rotatable bonds is 7. The molecule has 1 aromatic heterocycles. The normalized spacial score (nSPS) is 16.5. The lowest BCUT2D eigenvalue weighted by Crippen LogP contribution is -2.43. The maximum Gasteiger partial charge on any atom is 0.310 e. The van der Waals surface area contributed by atoms with Crippen molar-refractivity contribution in [1.82, 2.24) is 25.1 Å². The maximum atomic E-state index is 12.7. The smallest absolute Gasteiger partial charge is 0.310 e. The van der Waals surface area contributed by atoms with E-state index in [-0.39, 0.29) is 23.5 Å². The van der Waals surface area contributed by atoms with E-state index < -0.39 is 0 Å². The van der Waals surface area contributed by atoms with Crippen LogP contribution in [0, 0.1) is 12.8 Å². The Bertz CT molecular complexity index is 872. The van der Waals surface area contributed by atoms with Crippen LogP contribution in [0.25, 0.3) is 5.69 Å². The van der Waals surface area contributed by atoms with Crippen molar-refractivity contribution < 1.29 is 19.1 Å². The van der Waals surface area contributed by atoms with Gasteiger partial charge in [0, 0.05) is 13.1 Å². The molecule has 0 radical (unpaired) electrons. The number of tetrazole rings is 1. The molecule has 1 saturated heterocycles. The third kappa shape index (κ3) is 5.06. The van der Waals surface area contributed by atoms with E-state index in [0.29, 0.717) is 36.3 Å². The molecule has 0 aliphatic carbocycles. The van der Waals surface area contributed by atoms with E-state index >= 15 is 0 Å². The highest BCUT2D eigenvalue weighted by atomic mass is 32.2. The van der Waals surface area contributed by atoms with Crippen molar-refractivity contribution in [2.24, 2.45) is 5.92 Å². The second-order valence-corrected chi connectivity index (χ2v) is 7.71. The Morgan fingerprint density at radius 2 is 2.17 bits per heavy atom. The van der Waals surface area contributed by atoms with Crippen molar-refractivity contribution in [3.05, 3.63) is 23.8 Å². The van der Waals surface area contributed by atoms with Crippen LogP contribution >= 0.6 is 11.8 Å². The summed E-state index contributed by atoms with van der Waals surface area (Å²) in [4.78, 5) is 26.4. The standard InChI is InChI=1S/C19H25N5O4S/c1-4-28-18(26)14-6-5-9-23(11-14)17(25)12-29-19-20-21-22-24(19)15-10-13(2)7-8-16(15)27-3/h7-8,10,14H,4-6,9,11-12H2,1-3H3/t14-/m1/s1. The Kier molecular flexibility index (Phi) is 7.08. The molecule has 0 unspecified atom stereocenters. The van der Waals surface area contributed by atoms with Crippen LogP contribution in [0.3, 0.4) is 0 Å². The highest BCUT2D eigenvalue weighted by molar-refractivity contribution is 7.99. The fraction of sp³-hybridized carbons (Fsp3) is 0.526. The minimum absolute atomic E-state index is 0.0465. The van der Waals surface area contributed by atoms with E-state index in [4.69, 9.17) is 9.47 Å². The Balaban J connectivity index is 1.66. The molecule has 1 atom stereocenters. The van der Waals surface area contributed by atoms with Crippen molar-refractivity contribution in [3.8, 4) is 11.4 Å². The van der Waals surface area contributed by atoms with Crippen LogP contribution in [-0.2, 0) is 14.3 Å². The van der Waals surface area contributed by atoms with Gasteiger partial charge in [-0.15, -0.1) is 5.10 Å². The van der Waals surface area contributed by atoms with Crippen molar-refractivity contribution in [2.75, 3.05) is 32.6 Å². The summed E-state index contributed by atoms with van der Waals surface area (Å²) in [5, 5.41) is 12.3. The quantitative estimate of drug-likeness (QED) is 0.495. The molecule has 0 bridgehead atoms. The number of ether oxygens (including phenoxy) is 2. The SMILES string of the molecule is CCOC(=O)[C@@H]1CCCN(C(=O)CSc2nnnn2-c2cc(C)ccc2OC)C1. The number of carbonyl (C=O) groups is 2. The number of hydrogen-bond donors (Lipinski definition) is 0. The van der Waals surface area contributed by atoms with E-state index in [1.54, 1.807) is 23.6 Å². The fourth-order valence-corrected chi connectivity index (χ4v) is 4.05. The number of likely N-dealkylation sites (tertiary alicyclic amines) is 1. The van der Waals surface area contributed by atoms with Gasteiger partial charge in [-0.1, -0.05) is 17.8 Å². The monoisotopic (exact) mass is 419 g/mol. The van der Waals surface area contributed by atoms with Crippen LogP contribution in [-0.4, -0.2) is 69.5 Å². The zero-order chi connectivity index (χ0) is 20.8. The Labute approximate surface area is 173 Å². The fourth-order valence-electron chi connectivity index (χ4n) is 3.26. The first kappa shape index (κ1) is 21.1. The van der Waals surface area contributed by atoms with E-state index in [0.717, 1.165) is 18.4 Å². The molecule has 0 saturated carbocycles. The highest BCUT2D eigenvalue weighted by Gasteiger charge is 2.29. The molecule has 0 N–H and O–H groups in total. The second-order valence-electron chi connectivity index (χ2n) is 6.77. The number of nitrogens with zero attached hydrogens (tertiary/aromatic N) is 5. The van der Waals surface area contributed by atoms with Gasteiger partial charge in [-0.2, -0.15) is 4.68 Å². The number of methoxy groups -OCH3 is 1. The first-order valence-corrected chi connectivity index (χ1v) is 10.5. The van der Waals surface area contributed by atoms with Crippen molar-refractivity contribution in [2.45, 2.75) is 31.8 Å². The molecule has 3 rings (SSSR count). The molecule has 1 amide bonds. The number of hydrogen-bond acceptors (Lipinski definition) is 8. The molecule has 1 aliphatic rings. The topological polar surface area (TPSA) is 99.4 Å². The van der Waals surface area contributed by atoms with Crippen LogP contribution in [0.15, 0.2) is 23.4 Å². The van der Waals surface area contributed by atoms with Gasteiger partial charge in [0.05, 0.1) is 25.4 Å². The van der Waals surface area contributed by atoms with E-state index in [2.05, 4.69) is 15.5 Å². The van der Waals surface area contributed by atoms with Gasteiger partial charge in [0.1, 0.15) is 11.4 Å². The number of esters is 1. The van der Waals surface area contributed by atoms with Gasteiger partial charge in [0.25, 0.3) is 0 Å². The lowest BCUT2D eigenvalue weighted by Gasteiger charge is -2.31. The summed E-state index contributed by atoms with van der Waals surface area (Å²) in [6.07, 6.45) is 1.54. The lowest BCUT2D eigenvalue weighted by atomic mass is 9.98. The zero-order valence-electron chi connectivity index (χ0n) is 16.8. The first-order chi connectivity index (χ1) is 14.0. The van der Waals surface area contributed by atoms with Crippen molar-refractivity contribution >= 4 is 23.6 Å². The van der Waals surface area contributed by atoms with Crippen molar-refractivity contribution in [1.29, 1.82) is 0 Å². The van der Waals surface area contributed by atoms with Gasteiger partial charge in [0.2, 0.25) is 11.1 Å². The summed E-state index contributed by atoms with van der Waals surface area (Å²) in [6.45, 7) is 5.15. The van der Waals surface area contributed by atoms with Crippen LogP contribution in [0.4, 0.5) is 0 Å². The Hall–Kier alpha value is -2.62. The highest BCUT2D eigenvalue weighted by Crippen LogP contribution is 2.27. The van der Waals surface area contributed by atoms with E-state index in [1.807, 2.05) is 25.1 Å². The van der Waals surface area contributed by atoms with Gasteiger partial charge in [-0.05, 0) is 54.8 Å². The molecule has 1 fully saturated rings.